The largest absolute Gasteiger partial charge is 0.497 e. The summed E-state index contributed by atoms with van der Waals surface area (Å²) in [5, 5.41) is 2.83. The number of benzene rings is 3. The van der Waals surface area contributed by atoms with Gasteiger partial charge in [0.2, 0.25) is 0 Å². The van der Waals surface area contributed by atoms with E-state index in [0.717, 1.165) is 16.9 Å². The highest BCUT2D eigenvalue weighted by Crippen LogP contribution is 2.26. The first-order valence-electron chi connectivity index (χ1n) is 11.1. The molecular formula is C26H30N2O5S. The fraction of sp³-hybridized carbons (Fsp3) is 0.269. The van der Waals surface area contributed by atoms with E-state index in [-0.39, 0.29) is 24.0 Å². The first-order valence-corrected chi connectivity index (χ1v) is 12.5. The highest BCUT2D eigenvalue weighted by atomic mass is 32.2. The highest BCUT2D eigenvalue weighted by molar-refractivity contribution is 7.92. The molecule has 3 rings (SSSR count). The lowest BCUT2D eigenvalue weighted by atomic mass is 10.1. The van der Waals surface area contributed by atoms with E-state index in [9.17, 15) is 13.2 Å². The quantitative estimate of drug-likeness (QED) is 0.447. The van der Waals surface area contributed by atoms with Crippen molar-refractivity contribution in [1.82, 2.24) is 5.32 Å². The van der Waals surface area contributed by atoms with Gasteiger partial charge < -0.3 is 14.8 Å². The molecule has 0 atom stereocenters. The van der Waals surface area contributed by atoms with Gasteiger partial charge in [-0.25, -0.2) is 8.42 Å². The number of amides is 1. The number of hydrogen-bond acceptors (Lipinski definition) is 5. The number of nitrogens with zero attached hydrogens (tertiary/aromatic N) is 1. The molecule has 34 heavy (non-hydrogen) atoms. The molecule has 0 radical (unpaired) electrons. The molecule has 0 saturated carbocycles. The van der Waals surface area contributed by atoms with Crippen molar-refractivity contribution in [3.63, 3.8) is 0 Å². The third kappa shape index (κ3) is 6.51. The van der Waals surface area contributed by atoms with E-state index >= 15 is 0 Å². The van der Waals surface area contributed by atoms with Crippen molar-refractivity contribution in [1.29, 1.82) is 0 Å². The van der Waals surface area contributed by atoms with Crippen LogP contribution in [0.4, 0.5) is 5.69 Å². The molecule has 0 aromatic heterocycles. The van der Waals surface area contributed by atoms with E-state index in [0.29, 0.717) is 24.4 Å². The van der Waals surface area contributed by atoms with Crippen LogP contribution in [0, 0.1) is 6.92 Å². The number of rotatable bonds is 11. The number of nitrogens with one attached hydrogen (secondary N) is 1. The molecule has 7 nitrogen and oxygen atoms in total. The maximum Gasteiger partial charge on any atom is 0.264 e. The average Bonchev–Trinajstić information content (AvgIpc) is 2.84. The first-order chi connectivity index (χ1) is 16.3. The van der Waals surface area contributed by atoms with Gasteiger partial charge in [-0.15, -0.1) is 0 Å². The summed E-state index contributed by atoms with van der Waals surface area (Å²) in [6.07, 6.45) is 0.701. The van der Waals surface area contributed by atoms with Crippen molar-refractivity contribution in [2.24, 2.45) is 0 Å². The molecule has 3 aromatic carbocycles. The Morgan fingerprint density at radius 1 is 0.912 bits per heavy atom. The normalized spacial score (nSPS) is 11.0. The van der Waals surface area contributed by atoms with Crippen LogP contribution in [0.5, 0.6) is 11.5 Å². The zero-order valence-corrected chi connectivity index (χ0v) is 20.5. The molecule has 180 valence electrons. The fourth-order valence-corrected chi connectivity index (χ4v) is 4.85. The summed E-state index contributed by atoms with van der Waals surface area (Å²) in [4.78, 5) is 12.3. The summed E-state index contributed by atoms with van der Waals surface area (Å²) >= 11 is 0. The molecule has 0 aliphatic carbocycles. The number of ether oxygens (including phenoxy) is 2. The van der Waals surface area contributed by atoms with Crippen LogP contribution in [0.1, 0.15) is 18.1 Å². The summed E-state index contributed by atoms with van der Waals surface area (Å²) in [5.41, 5.74) is 2.62. The number of methoxy groups -OCH3 is 1. The molecule has 0 spiro atoms. The summed E-state index contributed by atoms with van der Waals surface area (Å²) in [5.74, 6) is 1.05. The number of carbonyl (C=O) groups is 1. The molecule has 0 fully saturated rings. The topological polar surface area (TPSA) is 84.9 Å². The molecule has 0 aliphatic heterocycles. The maximum atomic E-state index is 13.0. The first kappa shape index (κ1) is 25.1. The number of hydrogen-bond donors (Lipinski definition) is 1. The molecular weight excluding hydrogens is 452 g/mol. The molecule has 0 saturated heterocycles. The second-order valence-corrected chi connectivity index (χ2v) is 9.58. The van der Waals surface area contributed by atoms with Crippen molar-refractivity contribution < 1.29 is 22.7 Å². The standard InChI is InChI=1S/C26H30N2O5S/c1-4-28(34(30,31)25-15-5-20(2)6-16-25)22-9-13-24(14-10-22)33-19-26(29)27-18-17-21-7-11-23(32-3)12-8-21/h5-16H,4,17-19H2,1-3H3,(H,27,29). The lowest BCUT2D eigenvalue weighted by Gasteiger charge is -2.23. The highest BCUT2D eigenvalue weighted by Gasteiger charge is 2.23. The Bertz CT molecular complexity index is 1180. The second kappa shape index (κ2) is 11.6. The predicted molar refractivity (Wildman–Crippen MR) is 133 cm³/mol. The smallest absolute Gasteiger partial charge is 0.264 e. The van der Waals surface area contributed by atoms with Crippen molar-refractivity contribution in [2.75, 3.05) is 31.1 Å². The van der Waals surface area contributed by atoms with Crippen LogP contribution in [0.2, 0.25) is 0 Å². The van der Waals surface area contributed by atoms with Gasteiger partial charge in [-0.2, -0.15) is 0 Å². The van der Waals surface area contributed by atoms with Gasteiger partial charge in [-0.3, -0.25) is 9.10 Å². The minimum Gasteiger partial charge on any atom is -0.497 e. The van der Waals surface area contributed by atoms with Crippen LogP contribution in [-0.4, -0.2) is 41.1 Å². The van der Waals surface area contributed by atoms with Gasteiger partial charge in [0.05, 0.1) is 17.7 Å². The van der Waals surface area contributed by atoms with E-state index in [2.05, 4.69) is 5.32 Å². The summed E-state index contributed by atoms with van der Waals surface area (Å²) in [6.45, 7) is 4.35. The summed E-state index contributed by atoms with van der Waals surface area (Å²) < 4.78 is 38.1. The van der Waals surface area contributed by atoms with Crippen LogP contribution < -0.4 is 19.1 Å². The van der Waals surface area contributed by atoms with Gasteiger partial charge in [-0.1, -0.05) is 29.8 Å². The molecule has 1 N–H and O–H groups in total. The fourth-order valence-electron chi connectivity index (χ4n) is 3.38. The lowest BCUT2D eigenvalue weighted by Crippen LogP contribution is -2.31. The Hall–Kier alpha value is -3.52. The van der Waals surface area contributed by atoms with Crippen molar-refractivity contribution in [3.05, 3.63) is 83.9 Å². The van der Waals surface area contributed by atoms with Gasteiger partial charge >= 0.3 is 0 Å². The minimum atomic E-state index is -3.68. The maximum absolute atomic E-state index is 13.0. The zero-order chi connectivity index (χ0) is 24.6. The SMILES string of the molecule is CCN(c1ccc(OCC(=O)NCCc2ccc(OC)cc2)cc1)S(=O)(=O)c1ccc(C)cc1. The number of carbonyl (C=O) groups excluding carboxylic acids is 1. The molecule has 8 heteroatoms. The van der Waals surface area contributed by atoms with E-state index < -0.39 is 10.0 Å². The van der Waals surface area contributed by atoms with Gasteiger partial charge in [0.1, 0.15) is 11.5 Å². The number of anilines is 1. The Kier molecular flexibility index (Phi) is 8.54. The van der Waals surface area contributed by atoms with Gasteiger partial charge in [-0.05, 0) is 74.4 Å². The van der Waals surface area contributed by atoms with Crippen LogP contribution in [0.3, 0.4) is 0 Å². The molecule has 0 aliphatic rings. The zero-order valence-electron chi connectivity index (χ0n) is 19.7. The van der Waals surface area contributed by atoms with Gasteiger partial charge in [0.15, 0.2) is 6.61 Å². The van der Waals surface area contributed by atoms with E-state index in [1.54, 1.807) is 62.6 Å². The van der Waals surface area contributed by atoms with Crippen molar-refractivity contribution in [2.45, 2.75) is 25.2 Å². The van der Waals surface area contributed by atoms with Gasteiger partial charge in [0, 0.05) is 13.1 Å². The predicted octanol–water partition coefficient (Wildman–Crippen LogP) is 3.96. The van der Waals surface area contributed by atoms with Crippen molar-refractivity contribution in [3.8, 4) is 11.5 Å². The Labute approximate surface area is 201 Å². The van der Waals surface area contributed by atoms with Crippen LogP contribution in [0.15, 0.2) is 77.7 Å². The van der Waals surface area contributed by atoms with Crippen LogP contribution in [-0.2, 0) is 21.2 Å². The number of aryl methyl sites for hydroxylation is 1. The average molecular weight is 483 g/mol. The Morgan fingerprint density at radius 3 is 2.12 bits per heavy atom. The van der Waals surface area contributed by atoms with E-state index in [4.69, 9.17) is 9.47 Å². The summed E-state index contributed by atoms with van der Waals surface area (Å²) in [7, 11) is -2.05. The molecule has 0 bridgehead atoms. The Balaban J connectivity index is 1.52. The van der Waals surface area contributed by atoms with Crippen LogP contribution >= 0.6 is 0 Å². The third-order valence-corrected chi connectivity index (χ3v) is 7.20. The third-order valence-electron chi connectivity index (χ3n) is 5.29. The van der Waals surface area contributed by atoms with E-state index in [1.807, 2.05) is 31.2 Å². The van der Waals surface area contributed by atoms with Crippen molar-refractivity contribution >= 4 is 21.6 Å². The monoisotopic (exact) mass is 482 g/mol. The molecule has 3 aromatic rings. The van der Waals surface area contributed by atoms with E-state index in [1.165, 1.54) is 4.31 Å². The summed E-state index contributed by atoms with van der Waals surface area (Å²) in [6, 6.07) is 21.1. The molecule has 0 unspecified atom stereocenters. The molecule has 1 amide bonds. The Morgan fingerprint density at radius 2 is 1.53 bits per heavy atom. The number of sulfonamides is 1. The van der Waals surface area contributed by atoms with Crippen LogP contribution in [0.25, 0.3) is 0 Å². The van der Waals surface area contributed by atoms with Gasteiger partial charge in [0.25, 0.3) is 15.9 Å². The molecule has 0 heterocycles. The lowest BCUT2D eigenvalue weighted by molar-refractivity contribution is -0.123. The second-order valence-electron chi connectivity index (χ2n) is 7.71. The minimum absolute atomic E-state index is 0.124.